The zero-order valence-electron chi connectivity index (χ0n) is 12.0. The van der Waals surface area contributed by atoms with E-state index in [-0.39, 0.29) is 11.9 Å². The number of nitrogens with one attached hydrogen (secondary N) is 1. The van der Waals surface area contributed by atoms with Gasteiger partial charge in [-0.05, 0) is 31.5 Å². The van der Waals surface area contributed by atoms with Gasteiger partial charge in [0.15, 0.2) is 0 Å². The molecule has 20 heavy (non-hydrogen) atoms. The Labute approximate surface area is 119 Å². The zero-order valence-corrected chi connectivity index (χ0v) is 12.0. The number of hydrogen-bond acceptors (Lipinski definition) is 3. The monoisotopic (exact) mass is 276 g/mol. The number of imidazole rings is 1. The molecule has 0 aliphatic heterocycles. The SMILES string of the molecule is CCCNC(c1ncccc1F)c1nccn1CCC. The fraction of sp³-hybridized carbons (Fsp3) is 0.467. The van der Waals surface area contributed by atoms with Crippen LogP contribution in [0.3, 0.4) is 0 Å². The van der Waals surface area contributed by atoms with Crippen LogP contribution in [0.4, 0.5) is 4.39 Å². The summed E-state index contributed by atoms with van der Waals surface area (Å²) in [7, 11) is 0. The van der Waals surface area contributed by atoms with Crippen LogP contribution in [0.25, 0.3) is 0 Å². The fourth-order valence-electron chi connectivity index (χ4n) is 2.22. The molecule has 2 aromatic heterocycles. The summed E-state index contributed by atoms with van der Waals surface area (Å²) in [5, 5.41) is 3.34. The molecule has 2 rings (SSSR count). The van der Waals surface area contributed by atoms with E-state index in [1.807, 2.05) is 6.20 Å². The second-order valence-corrected chi connectivity index (χ2v) is 4.74. The minimum absolute atomic E-state index is 0.299. The lowest BCUT2D eigenvalue weighted by molar-refractivity contribution is 0.492. The Hall–Kier alpha value is -1.75. The Kier molecular flexibility index (Phi) is 5.24. The Morgan fingerprint density at radius 2 is 2.10 bits per heavy atom. The third-order valence-corrected chi connectivity index (χ3v) is 3.13. The Morgan fingerprint density at radius 3 is 2.80 bits per heavy atom. The van der Waals surface area contributed by atoms with E-state index in [1.54, 1.807) is 18.5 Å². The Balaban J connectivity index is 2.37. The highest BCUT2D eigenvalue weighted by atomic mass is 19.1. The molecule has 0 amide bonds. The van der Waals surface area contributed by atoms with Gasteiger partial charge in [0.2, 0.25) is 0 Å². The first-order valence-corrected chi connectivity index (χ1v) is 7.12. The van der Waals surface area contributed by atoms with Crippen LogP contribution in [0.5, 0.6) is 0 Å². The number of aromatic nitrogens is 3. The van der Waals surface area contributed by atoms with Gasteiger partial charge in [-0.1, -0.05) is 13.8 Å². The lowest BCUT2D eigenvalue weighted by Gasteiger charge is -2.19. The van der Waals surface area contributed by atoms with Crippen molar-refractivity contribution in [2.75, 3.05) is 6.54 Å². The summed E-state index contributed by atoms with van der Waals surface area (Å²) in [6.45, 7) is 5.85. The minimum atomic E-state index is -0.308. The fourth-order valence-corrected chi connectivity index (χ4v) is 2.22. The molecule has 0 aliphatic carbocycles. The lowest BCUT2D eigenvalue weighted by Crippen LogP contribution is -2.28. The van der Waals surface area contributed by atoms with Crippen molar-refractivity contribution >= 4 is 0 Å². The van der Waals surface area contributed by atoms with E-state index in [1.165, 1.54) is 6.07 Å². The van der Waals surface area contributed by atoms with Gasteiger partial charge in [0, 0.05) is 25.1 Å². The summed E-state index contributed by atoms with van der Waals surface area (Å²) in [6.07, 6.45) is 7.28. The highest BCUT2D eigenvalue weighted by molar-refractivity contribution is 5.20. The number of rotatable bonds is 7. The molecule has 1 N–H and O–H groups in total. The summed E-state index contributed by atoms with van der Waals surface area (Å²) < 4.78 is 16.1. The molecule has 5 heteroatoms. The van der Waals surface area contributed by atoms with Crippen molar-refractivity contribution in [2.45, 2.75) is 39.3 Å². The lowest BCUT2D eigenvalue weighted by atomic mass is 10.1. The van der Waals surface area contributed by atoms with E-state index in [9.17, 15) is 4.39 Å². The van der Waals surface area contributed by atoms with Crippen molar-refractivity contribution in [3.8, 4) is 0 Å². The van der Waals surface area contributed by atoms with Crippen LogP contribution in [0.2, 0.25) is 0 Å². The summed E-state index contributed by atoms with van der Waals surface area (Å²) in [4.78, 5) is 8.60. The Morgan fingerprint density at radius 1 is 1.25 bits per heavy atom. The first kappa shape index (κ1) is 14.7. The van der Waals surface area contributed by atoms with E-state index in [0.29, 0.717) is 5.69 Å². The predicted octanol–water partition coefficient (Wildman–Crippen LogP) is 2.92. The quantitative estimate of drug-likeness (QED) is 0.845. The van der Waals surface area contributed by atoms with E-state index in [2.05, 4.69) is 33.7 Å². The second-order valence-electron chi connectivity index (χ2n) is 4.74. The average Bonchev–Trinajstić information content (AvgIpc) is 2.90. The van der Waals surface area contributed by atoms with Gasteiger partial charge in [-0.15, -0.1) is 0 Å². The molecule has 0 radical (unpaired) electrons. The molecule has 0 aromatic carbocycles. The van der Waals surface area contributed by atoms with Crippen LogP contribution in [-0.4, -0.2) is 21.1 Å². The maximum absolute atomic E-state index is 14.0. The van der Waals surface area contributed by atoms with Crippen LogP contribution >= 0.6 is 0 Å². The van der Waals surface area contributed by atoms with Crippen LogP contribution in [0.15, 0.2) is 30.7 Å². The molecule has 0 fully saturated rings. The van der Waals surface area contributed by atoms with Gasteiger partial charge >= 0.3 is 0 Å². The molecular formula is C15H21FN4. The van der Waals surface area contributed by atoms with Gasteiger partial charge in [-0.2, -0.15) is 0 Å². The number of aryl methyl sites for hydroxylation is 1. The molecule has 1 atom stereocenters. The zero-order chi connectivity index (χ0) is 14.4. The molecule has 0 spiro atoms. The van der Waals surface area contributed by atoms with Crippen LogP contribution < -0.4 is 5.32 Å². The summed E-state index contributed by atoms with van der Waals surface area (Å²) in [5.74, 6) is 0.519. The van der Waals surface area contributed by atoms with Crippen LogP contribution in [-0.2, 0) is 6.54 Å². The van der Waals surface area contributed by atoms with Crippen molar-refractivity contribution in [2.24, 2.45) is 0 Å². The molecule has 0 saturated heterocycles. The molecule has 2 heterocycles. The molecule has 2 aromatic rings. The van der Waals surface area contributed by atoms with Crippen molar-refractivity contribution in [3.05, 3.63) is 48.1 Å². The van der Waals surface area contributed by atoms with E-state index in [0.717, 1.165) is 31.8 Å². The molecular weight excluding hydrogens is 255 g/mol. The van der Waals surface area contributed by atoms with Crippen LogP contribution in [0.1, 0.15) is 44.2 Å². The third kappa shape index (κ3) is 3.22. The summed E-state index contributed by atoms with van der Waals surface area (Å²) in [6, 6.07) is 2.74. The standard InChI is InChI=1S/C15H21FN4/c1-3-7-17-14(13-12(16)6-5-8-18-13)15-19-9-11-20(15)10-4-2/h5-6,8-9,11,14,17H,3-4,7,10H2,1-2H3. The van der Waals surface area contributed by atoms with Crippen molar-refractivity contribution < 1.29 is 4.39 Å². The summed E-state index contributed by atoms with van der Waals surface area (Å²) in [5.41, 5.74) is 0.407. The first-order valence-electron chi connectivity index (χ1n) is 7.12. The molecule has 4 nitrogen and oxygen atoms in total. The Bertz CT molecular complexity index is 538. The topological polar surface area (TPSA) is 42.7 Å². The predicted molar refractivity (Wildman–Crippen MR) is 76.8 cm³/mol. The molecule has 1 unspecified atom stereocenters. The van der Waals surface area contributed by atoms with Gasteiger partial charge in [0.05, 0.1) is 0 Å². The highest BCUT2D eigenvalue weighted by Crippen LogP contribution is 2.21. The van der Waals surface area contributed by atoms with Crippen molar-refractivity contribution in [1.82, 2.24) is 19.9 Å². The second kappa shape index (κ2) is 7.14. The maximum Gasteiger partial charge on any atom is 0.146 e. The van der Waals surface area contributed by atoms with Gasteiger partial charge < -0.3 is 9.88 Å². The molecule has 0 aliphatic rings. The van der Waals surface area contributed by atoms with Crippen molar-refractivity contribution in [3.63, 3.8) is 0 Å². The summed E-state index contributed by atoms with van der Waals surface area (Å²) >= 11 is 0. The van der Waals surface area contributed by atoms with Gasteiger partial charge in [-0.3, -0.25) is 4.98 Å². The van der Waals surface area contributed by atoms with Gasteiger partial charge in [0.25, 0.3) is 0 Å². The smallest absolute Gasteiger partial charge is 0.146 e. The minimum Gasteiger partial charge on any atom is -0.333 e. The van der Waals surface area contributed by atoms with Crippen LogP contribution in [0, 0.1) is 5.82 Å². The number of hydrogen-bond donors (Lipinski definition) is 1. The molecule has 108 valence electrons. The highest BCUT2D eigenvalue weighted by Gasteiger charge is 2.22. The normalized spacial score (nSPS) is 12.6. The number of pyridine rings is 1. The van der Waals surface area contributed by atoms with Gasteiger partial charge in [0.1, 0.15) is 23.4 Å². The molecule has 0 bridgehead atoms. The first-order chi connectivity index (χ1) is 9.77. The third-order valence-electron chi connectivity index (χ3n) is 3.13. The molecule has 0 saturated carbocycles. The van der Waals surface area contributed by atoms with Crippen molar-refractivity contribution in [1.29, 1.82) is 0 Å². The van der Waals surface area contributed by atoms with Gasteiger partial charge in [-0.25, -0.2) is 9.37 Å². The average molecular weight is 276 g/mol. The maximum atomic E-state index is 14.0. The largest absolute Gasteiger partial charge is 0.333 e. The number of halogens is 1. The van der Waals surface area contributed by atoms with E-state index in [4.69, 9.17) is 0 Å². The number of nitrogens with zero attached hydrogens (tertiary/aromatic N) is 3. The van der Waals surface area contributed by atoms with E-state index >= 15 is 0 Å². The van der Waals surface area contributed by atoms with E-state index < -0.39 is 0 Å².